The average Bonchev–Trinajstić information content (AvgIpc) is 2.89. The van der Waals surface area contributed by atoms with E-state index in [4.69, 9.17) is 23.8 Å². The summed E-state index contributed by atoms with van der Waals surface area (Å²) in [6, 6.07) is 15.9. The number of anilines is 1. The molecule has 2 N–H and O–H groups in total. The van der Waals surface area contributed by atoms with Crippen LogP contribution in [-0.4, -0.2) is 16.6 Å². The first kappa shape index (κ1) is 15.2. The van der Waals surface area contributed by atoms with Crippen LogP contribution in [0.5, 0.6) is 0 Å². The number of hydrogen-bond acceptors (Lipinski definition) is 3. The third-order valence-corrected chi connectivity index (χ3v) is 4.54. The van der Waals surface area contributed by atoms with Gasteiger partial charge in [0.25, 0.3) is 0 Å². The van der Waals surface area contributed by atoms with Crippen molar-refractivity contribution >= 4 is 55.6 Å². The summed E-state index contributed by atoms with van der Waals surface area (Å²) in [5.74, 6) is 0. The highest BCUT2D eigenvalue weighted by Crippen LogP contribution is 2.25. The molecule has 0 saturated heterocycles. The quantitative estimate of drug-likeness (QED) is 0.682. The molecule has 0 aliphatic heterocycles. The first-order valence-corrected chi connectivity index (χ1v) is 8.46. The molecule has 1 heterocycles. The molecule has 0 saturated carbocycles. The van der Waals surface area contributed by atoms with Crippen molar-refractivity contribution in [2.75, 3.05) is 11.9 Å². The van der Waals surface area contributed by atoms with Gasteiger partial charge in [0, 0.05) is 11.6 Å². The van der Waals surface area contributed by atoms with Gasteiger partial charge in [-0.3, -0.25) is 0 Å². The number of hydrogen-bond donors (Lipinski definition) is 2. The molecule has 0 aliphatic carbocycles. The predicted octanol–water partition coefficient (Wildman–Crippen LogP) is 4.48. The van der Waals surface area contributed by atoms with Crippen molar-refractivity contribution in [3.05, 3.63) is 59.1 Å². The number of fused-ring (bicyclic) bond motifs is 1. The van der Waals surface area contributed by atoms with E-state index in [9.17, 15) is 0 Å². The fourth-order valence-corrected chi connectivity index (χ4v) is 3.43. The molecule has 0 amide bonds. The Morgan fingerprint density at radius 1 is 1.18 bits per heavy atom. The van der Waals surface area contributed by atoms with Crippen LogP contribution in [0.3, 0.4) is 0 Å². The lowest BCUT2D eigenvalue weighted by Crippen LogP contribution is -2.30. The van der Waals surface area contributed by atoms with Crippen LogP contribution in [0.2, 0.25) is 5.02 Å². The number of benzene rings is 2. The van der Waals surface area contributed by atoms with E-state index in [0.717, 1.165) is 33.3 Å². The highest BCUT2D eigenvalue weighted by molar-refractivity contribution is 7.80. The molecular weight excluding hydrogens is 334 g/mol. The van der Waals surface area contributed by atoms with Crippen LogP contribution in [0, 0.1) is 0 Å². The minimum atomic E-state index is 0.584. The van der Waals surface area contributed by atoms with E-state index in [1.807, 2.05) is 42.5 Å². The molecule has 0 atom stereocenters. The van der Waals surface area contributed by atoms with Crippen molar-refractivity contribution in [3.63, 3.8) is 0 Å². The molecule has 0 bridgehead atoms. The van der Waals surface area contributed by atoms with E-state index in [-0.39, 0.29) is 0 Å². The summed E-state index contributed by atoms with van der Waals surface area (Å²) < 4.78 is 1.15. The van der Waals surface area contributed by atoms with Gasteiger partial charge in [0.2, 0.25) is 0 Å². The third-order valence-electron chi connectivity index (χ3n) is 3.10. The summed E-state index contributed by atoms with van der Waals surface area (Å²) in [6.45, 7) is 0.747. The van der Waals surface area contributed by atoms with E-state index >= 15 is 0 Å². The van der Waals surface area contributed by atoms with Crippen LogP contribution in [0.1, 0.15) is 5.56 Å². The Labute approximate surface area is 143 Å². The zero-order valence-electron chi connectivity index (χ0n) is 11.7. The maximum atomic E-state index is 5.97. The zero-order valence-corrected chi connectivity index (χ0v) is 14.1. The van der Waals surface area contributed by atoms with Crippen LogP contribution in [0.15, 0.2) is 48.5 Å². The SMILES string of the molecule is S=C(NCCc1cccc(Cl)c1)Nc1nc2ccccc2s1. The second-order valence-electron chi connectivity index (χ2n) is 4.75. The van der Waals surface area contributed by atoms with E-state index in [0.29, 0.717) is 5.11 Å². The molecule has 6 heteroatoms. The predicted molar refractivity (Wildman–Crippen MR) is 99.0 cm³/mol. The van der Waals surface area contributed by atoms with Crippen LogP contribution >= 0.6 is 35.2 Å². The minimum absolute atomic E-state index is 0.584. The standard InChI is InChI=1S/C16H14ClN3S2/c17-12-5-3-4-11(10-12)8-9-18-15(21)20-16-19-13-6-1-2-7-14(13)22-16/h1-7,10H,8-9H2,(H2,18,19,20,21). The second-order valence-corrected chi connectivity index (χ2v) is 6.62. The molecule has 0 spiro atoms. The molecule has 0 unspecified atom stereocenters. The molecule has 22 heavy (non-hydrogen) atoms. The van der Waals surface area contributed by atoms with E-state index in [1.54, 1.807) is 11.3 Å². The summed E-state index contributed by atoms with van der Waals surface area (Å²) in [7, 11) is 0. The lowest BCUT2D eigenvalue weighted by molar-refractivity contribution is 0.873. The second kappa shape index (κ2) is 7.05. The number of thiocarbonyl (C=S) groups is 1. The number of nitrogens with one attached hydrogen (secondary N) is 2. The van der Waals surface area contributed by atoms with Gasteiger partial charge in [-0.05, 0) is 48.5 Å². The normalized spacial score (nSPS) is 10.6. The Hall–Kier alpha value is -1.69. The fourth-order valence-electron chi connectivity index (χ4n) is 2.08. The topological polar surface area (TPSA) is 37.0 Å². The van der Waals surface area contributed by atoms with Crippen LogP contribution < -0.4 is 10.6 Å². The van der Waals surface area contributed by atoms with Crippen LogP contribution in [0.25, 0.3) is 10.2 Å². The Balaban J connectivity index is 1.52. The van der Waals surface area contributed by atoms with Crippen LogP contribution in [0.4, 0.5) is 5.13 Å². The lowest BCUT2D eigenvalue weighted by Gasteiger charge is -2.08. The first-order valence-electron chi connectivity index (χ1n) is 6.85. The van der Waals surface area contributed by atoms with Crippen molar-refractivity contribution < 1.29 is 0 Å². The number of thiazole rings is 1. The summed E-state index contributed by atoms with van der Waals surface area (Å²) in [5.41, 5.74) is 2.17. The van der Waals surface area contributed by atoms with Crippen LogP contribution in [-0.2, 0) is 6.42 Å². The summed E-state index contributed by atoms with van der Waals surface area (Å²) in [6.07, 6.45) is 0.863. The average molecular weight is 348 g/mol. The first-order chi connectivity index (χ1) is 10.7. The van der Waals surface area contributed by atoms with Gasteiger partial charge < -0.3 is 10.6 Å². The summed E-state index contributed by atoms with van der Waals surface area (Å²) in [4.78, 5) is 4.49. The maximum Gasteiger partial charge on any atom is 0.190 e. The Kier molecular flexibility index (Phi) is 4.87. The van der Waals surface area contributed by atoms with Crippen molar-refractivity contribution in [2.24, 2.45) is 0 Å². The van der Waals surface area contributed by atoms with Gasteiger partial charge in [-0.1, -0.05) is 47.2 Å². The van der Waals surface area contributed by atoms with Gasteiger partial charge in [-0.2, -0.15) is 0 Å². The van der Waals surface area contributed by atoms with Crippen molar-refractivity contribution in [1.29, 1.82) is 0 Å². The molecule has 3 rings (SSSR count). The lowest BCUT2D eigenvalue weighted by atomic mass is 10.1. The van der Waals surface area contributed by atoms with E-state index < -0.39 is 0 Å². The van der Waals surface area contributed by atoms with E-state index in [2.05, 4.69) is 21.7 Å². The van der Waals surface area contributed by atoms with Gasteiger partial charge in [-0.15, -0.1) is 0 Å². The fraction of sp³-hybridized carbons (Fsp3) is 0.125. The summed E-state index contributed by atoms with van der Waals surface area (Å²) >= 11 is 12.9. The van der Waals surface area contributed by atoms with E-state index in [1.165, 1.54) is 5.56 Å². The van der Waals surface area contributed by atoms with Gasteiger partial charge in [-0.25, -0.2) is 4.98 Å². The number of rotatable bonds is 4. The number of nitrogens with zero attached hydrogens (tertiary/aromatic N) is 1. The van der Waals surface area contributed by atoms with Crippen molar-refractivity contribution in [3.8, 4) is 0 Å². The van der Waals surface area contributed by atoms with Gasteiger partial charge in [0.15, 0.2) is 10.2 Å². The van der Waals surface area contributed by atoms with Crippen molar-refractivity contribution in [1.82, 2.24) is 10.3 Å². The molecule has 0 radical (unpaired) electrons. The smallest absolute Gasteiger partial charge is 0.190 e. The number of para-hydroxylation sites is 1. The molecule has 112 valence electrons. The maximum absolute atomic E-state index is 5.97. The zero-order chi connectivity index (χ0) is 15.4. The molecule has 0 fully saturated rings. The third kappa shape index (κ3) is 3.94. The van der Waals surface area contributed by atoms with Gasteiger partial charge in [0.05, 0.1) is 10.2 Å². The van der Waals surface area contributed by atoms with Crippen molar-refractivity contribution in [2.45, 2.75) is 6.42 Å². The monoisotopic (exact) mass is 347 g/mol. The van der Waals surface area contributed by atoms with Gasteiger partial charge in [0.1, 0.15) is 0 Å². The molecular formula is C16H14ClN3S2. The Morgan fingerprint density at radius 3 is 2.86 bits per heavy atom. The molecule has 0 aliphatic rings. The Bertz CT molecular complexity index is 768. The minimum Gasteiger partial charge on any atom is -0.362 e. The molecule has 2 aromatic carbocycles. The highest BCUT2D eigenvalue weighted by atomic mass is 35.5. The largest absolute Gasteiger partial charge is 0.362 e. The molecule has 3 nitrogen and oxygen atoms in total. The molecule has 1 aromatic heterocycles. The van der Waals surface area contributed by atoms with Gasteiger partial charge >= 0.3 is 0 Å². The highest BCUT2D eigenvalue weighted by Gasteiger charge is 2.04. The Morgan fingerprint density at radius 2 is 2.05 bits per heavy atom. The number of halogens is 1. The summed E-state index contributed by atoms with van der Waals surface area (Å²) in [5, 5.41) is 8.47. The number of aromatic nitrogens is 1. The molecule has 3 aromatic rings.